The van der Waals surface area contributed by atoms with Gasteiger partial charge in [0, 0.05) is 6.54 Å². The van der Waals surface area contributed by atoms with E-state index in [0.29, 0.717) is 16.5 Å². The Labute approximate surface area is 184 Å². The van der Waals surface area contributed by atoms with Gasteiger partial charge in [-0.2, -0.15) is 0 Å². The molecule has 0 unspecified atom stereocenters. The van der Waals surface area contributed by atoms with Crippen LogP contribution in [0.15, 0.2) is 75.9 Å². The first kappa shape index (κ1) is 19.9. The van der Waals surface area contributed by atoms with E-state index in [9.17, 15) is 14.7 Å². The molecule has 1 amide bonds. The molecule has 6 heteroatoms. The second-order valence-electron chi connectivity index (χ2n) is 7.95. The van der Waals surface area contributed by atoms with Crippen molar-refractivity contribution in [3.05, 3.63) is 105 Å². The molecule has 0 aliphatic carbocycles. The third-order valence-corrected chi connectivity index (χ3v) is 5.84. The molecule has 0 bridgehead atoms. The van der Waals surface area contributed by atoms with Crippen molar-refractivity contribution in [3.63, 3.8) is 0 Å². The molecule has 32 heavy (non-hydrogen) atoms. The SMILES string of the molecule is COc1ccc(CN2C(=O)c3oc4ccc(C)cc4c(=O)c3[C@@H]2c2ccc(O)cc2)cc1. The van der Waals surface area contributed by atoms with Crippen molar-refractivity contribution in [1.82, 2.24) is 4.90 Å². The minimum Gasteiger partial charge on any atom is -0.508 e. The Balaban J connectivity index is 1.68. The second-order valence-corrected chi connectivity index (χ2v) is 7.95. The zero-order valence-corrected chi connectivity index (χ0v) is 17.7. The number of nitrogens with zero attached hydrogens (tertiary/aromatic N) is 1. The highest BCUT2D eigenvalue weighted by molar-refractivity contribution is 5.99. The van der Waals surface area contributed by atoms with Gasteiger partial charge in [-0.3, -0.25) is 9.59 Å². The number of amides is 1. The van der Waals surface area contributed by atoms with Crippen LogP contribution in [0.2, 0.25) is 0 Å². The summed E-state index contributed by atoms with van der Waals surface area (Å²) in [5.74, 6) is 0.561. The number of aromatic hydroxyl groups is 1. The standard InChI is InChI=1S/C26H21NO5/c1-15-3-12-21-20(13-15)24(29)22-23(17-6-8-18(28)9-7-17)27(26(30)25(22)32-21)14-16-4-10-19(31-2)11-5-16/h3-13,23,28H,14H2,1-2H3/t23-/m0/s1. The zero-order valence-electron chi connectivity index (χ0n) is 17.7. The number of phenolic OH excluding ortho intramolecular Hbond substituents is 1. The van der Waals surface area contributed by atoms with Gasteiger partial charge in [0.2, 0.25) is 5.76 Å². The molecule has 5 rings (SSSR count). The summed E-state index contributed by atoms with van der Waals surface area (Å²) in [7, 11) is 1.60. The van der Waals surface area contributed by atoms with E-state index in [-0.39, 0.29) is 29.4 Å². The number of phenols is 1. The summed E-state index contributed by atoms with van der Waals surface area (Å²) in [5, 5.41) is 10.2. The van der Waals surface area contributed by atoms with Crippen LogP contribution in [0.25, 0.3) is 11.0 Å². The Bertz CT molecular complexity index is 1390. The van der Waals surface area contributed by atoms with Crippen LogP contribution in [-0.2, 0) is 6.54 Å². The fourth-order valence-corrected chi connectivity index (χ4v) is 4.23. The fraction of sp³-hybridized carbons (Fsp3) is 0.154. The molecule has 2 heterocycles. The van der Waals surface area contributed by atoms with Crippen molar-refractivity contribution in [3.8, 4) is 11.5 Å². The summed E-state index contributed by atoms with van der Waals surface area (Å²) < 4.78 is 11.2. The van der Waals surface area contributed by atoms with Crippen molar-refractivity contribution in [2.45, 2.75) is 19.5 Å². The Morgan fingerprint density at radius 2 is 1.72 bits per heavy atom. The maximum absolute atomic E-state index is 13.5. The molecule has 160 valence electrons. The van der Waals surface area contributed by atoms with Gasteiger partial charge < -0.3 is 19.2 Å². The summed E-state index contributed by atoms with van der Waals surface area (Å²) in [6.07, 6.45) is 0. The van der Waals surface area contributed by atoms with Gasteiger partial charge in [0.05, 0.1) is 24.1 Å². The van der Waals surface area contributed by atoms with Gasteiger partial charge >= 0.3 is 0 Å². The molecule has 6 nitrogen and oxygen atoms in total. The molecule has 1 atom stereocenters. The average molecular weight is 427 g/mol. The first-order valence-electron chi connectivity index (χ1n) is 10.3. The topological polar surface area (TPSA) is 80.0 Å². The van der Waals surface area contributed by atoms with E-state index in [1.807, 2.05) is 37.3 Å². The Morgan fingerprint density at radius 3 is 2.41 bits per heavy atom. The Morgan fingerprint density at radius 1 is 1.00 bits per heavy atom. The molecule has 0 saturated heterocycles. The number of aryl methyl sites for hydroxylation is 1. The van der Waals surface area contributed by atoms with Crippen LogP contribution in [0, 0.1) is 6.92 Å². The number of rotatable bonds is 4. The quantitative estimate of drug-likeness (QED) is 0.516. The van der Waals surface area contributed by atoms with E-state index in [4.69, 9.17) is 9.15 Å². The number of carbonyl (C=O) groups is 1. The number of hydrogen-bond acceptors (Lipinski definition) is 5. The number of methoxy groups -OCH3 is 1. The highest BCUT2D eigenvalue weighted by Gasteiger charge is 2.42. The van der Waals surface area contributed by atoms with Crippen LogP contribution in [0.1, 0.15) is 38.9 Å². The fourth-order valence-electron chi connectivity index (χ4n) is 4.23. The summed E-state index contributed by atoms with van der Waals surface area (Å²) in [5.41, 5.74) is 3.06. The van der Waals surface area contributed by atoms with Crippen molar-refractivity contribution >= 4 is 16.9 Å². The molecular weight excluding hydrogens is 406 g/mol. The van der Waals surface area contributed by atoms with Crippen LogP contribution in [0.4, 0.5) is 0 Å². The Kier molecular flexibility index (Phi) is 4.70. The molecule has 0 saturated carbocycles. The normalized spacial score (nSPS) is 15.2. The average Bonchev–Trinajstić information content (AvgIpc) is 3.07. The minimum atomic E-state index is -0.624. The third kappa shape index (κ3) is 3.21. The van der Waals surface area contributed by atoms with Gasteiger partial charge in [0.1, 0.15) is 17.1 Å². The lowest BCUT2D eigenvalue weighted by Gasteiger charge is -2.25. The van der Waals surface area contributed by atoms with Crippen LogP contribution in [0.5, 0.6) is 11.5 Å². The molecule has 1 aliphatic rings. The monoisotopic (exact) mass is 427 g/mol. The maximum atomic E-state index is 13.5. The van der Waals surface area contributed by atoms with Gasteiger partial charge in [-0.25, -0.2) is 0 Å². The van der Waals surface area contributed by atoms with E-state index in [0.717, 1.165) is 22.4 Å². The number of hydrogen-bond donors (Lipinski definition) is 1. The number of benzene rings is 3. The van der Waals surface area contributed by atoms with Crippen molar-refractivity contribution in [1.29, 1.82) is 0 Å². The number of ether oxygens (including phenoxy) is 1. The van der Waals surface area contributed by atoms with Gasteiger partial charge in [-0.05, 0) is 54.4 Å². The molecule has 0 radical (unpaired) electrons. The Hall–Kier alpha value is -4.06. The van der Waals surface area contributed by atoms with E-state index in [1.165, 1.54) is 0 Å². The number of carbonyl (C=O) groups excluding carboxylic acids is 1. The van der Waals surface area contributed by atoms with Crippen molar-refractivity contribution in [2.24, 2.45) is 0 Å². The summed E-state index contributed by atoms with van der Waals surface area (Å²) >= 11 is 0. The zero-order chi connectivity index (χ0) is 22.4. The molecule has 0 fully saturated rings. The third-order valence-electron chi connectivity index (χ3n) is 5.84. The largest absolute Gasteiger partial charge is 0.508 e. The highest BCUT2D eigenvalue weighted by Crippen LogP contribution is 2.39. The molecular formula is C26H21NO5. The van der Waals surface area contributed by atoms with Crippen LogP contribution >= 0.6 is 0 Å². The second kappa shape index (κ2) is 7.57. The van der Waals surface area contributed by atoms with Crippen LogP contribution in [0.3, 0.4) is 0 Å². The van der Waals surface area contributed by atoms with Gasteiger partial charge in [-0.1, -0.05) is 35.9 Å². The summed E-state index contributed by atoms with van der Waals surface area (Å²) in [6, 6.07) is 18.7. The van der Waals surface area contributed by atoms with Crippen molar-refractivity contribution < 1.29 is 19.1 Å². The molecule has 3 aromatic carbocycles. The highest BCUT2D eigenvalue weighted by atomic mass is 16.5. The first-order chi connectivity index (χ1) is 15.5. The molecule has 1 aromatic heterocycles. The van der Waals surface area contributed by atoms with Crippen molar-refractivity contribution in [2.75, 3.05) is 7.11 Å². The minimum absolute atomic E-state index is 0.0675. The predicted octanol–water partition coefficient (Wildman–Crippen LogP) is 4.56. The summed E-state index contributed by atoms with van der Waals surface area (Å²) in [6.45, 7) is 2.19. The lowest BCUT2D eigenvalue weighted by atomic mass is 9.98. The van der Waals surface area contributed by atoms with Gasteiger partial charge in [-0.15, -0.1) is 0 Å². The molecule has 1 aliphatic heterocycles. The van der Waals surface area contributed by atoms with Crippen LogP contribution < -0.4 is 10.2 Å². The molecule has 4 aromatic rings. The lowest BCUT2D eigenvalue weighted by Crippen LogP contribution is -2.29. The van der Waals surface area contributed by atoms with E-state index in [1.54, 1.807) is 48.4 Å². The van der Waals surface area contributed by atoms with Gasteiger partial charge in [0.15, 0.2) is 5.43 Å². The maximum Gasteiger partial charge on any atom is 0.291 e. The summed E-state index contributed by atoms with van der Waals surface area (Å²) in [4.78, 5) is 28.6. The van der Waals surface area contributed by atoms with E-state index in [2.05, 4.69) is 0 Å². The van der Waals surface area contributed by atoms with E-state index >= 15 is 0 Å². The van der Waals surface area contributed by atoms with E-state index < -0.39 is 6.04 Å². The molecule has 1 N–H and O–H groups in total. The predicted molar refractivity (Wildman–Crippen MR) is 120 cm³/mol. The number of fused-ring (bicyclic) bond motifs is 2. The van der Waals surface area contributed by atoms with Gasteiger partial charge in [0.25, 0.3) is 5.91 Å². The first-order valence-corrected chi connectivity index (χ1v) is 10.3. The van der Waals surface area contributed by atoms with Crippen LogP contribution in [-0.4, -0.2) is 23.0 Å². The molecule has 0 spiro atoms. The smallest absolute Gasteiger partial charge is 0.291 e. The lowest BCUT2D eigenvalue weighted by molar-refractivity contribution is 0.0714.